The van der Waals surface area contributed by atoms with E-state index in [0.717, 1.165) is 31.4 Å². The third kappa shape index (κ3) is 3.96. The maximum Gasteiger partial charge on any atom is 0.416 e. The molecule has 1 aliphatic carbocycles. The first kappa shape index (κ1) is 15.3. The highest BCUT2D eigenvalue weighted by atomic mass is 19.4. The summed E-state index contributed by atoms with van der Waals surface area (Å²) < 4.78 is 37.8. The van der Waals surface area contributed by atoms with Crippen LogP contribution >= 0.6 is 0 Å². The van der Waals surface area contributed by atoms with Gasteiger partial charge in [0, 0.05) is 12.6 Å². The Morgan fingerprint density at radius 3 is 2.67 bits per heavy atom. The van der Waals surface area contributed by atoms with Gasteiger partial charge < -0.3 is 5.32 Å². The van der Waals surface area contributed by atoms with Crippen LogP contribution in [0, 0.1) is 16.0 Å². The second kappa shape index (κ2) is 6.15. The number of alkyl halides is 3. The van der Waals surface area contributed by atoms with E-state index in [-0.39, 0.29) is 5.69 Å². The predicted molar refractivity (Wildman–Crippen MR) is 73.1 cm³/mol. The third-order valence-electron chi connectivity index (χ3n) is 3.48. The number of hydrogen-bond donors (Lipinski definition) is 1. The third-order valence-corrected chi connectivity index (χ3v) is 3.48. The molecule has 0 amide bonds. The van der Waals surface area contributed by atoms with Crippen LogP contribution in [0.1, 0.15) is 24.8 Å². The standard InChI is InChI=1S/C14H15F3N2O2/c15-14(16,17)11-6-7-12(13(8-11)19(20)21)18-9-10-4-2-1-3-5-10/h1-2,6-8,10,18H,3-5,9H2. The molecule has 1 aromatic rings. The molecule has 21 heavy (non-hydrogen) atoms. The molecule has 7 heteroatoms. The summed E-state index contributed by atoms with van der Waals surface area (Å²) in [6.07, 6.45) is 2.35. The van der Waals surface area contributed by atoms with Crippen molar-refractivity contribution in [3.8, 4) is 0 Å². The molecule has 0 heterocycles. The zero-order valence-electron chi connectivity index (χ0n) is 11.2. The zero-order chi connectivity index (χ0) is 15.5. The number of nitro groups is 1. The number of nitrogens with zero attached hydrogens (tertiary/aromatic N) is 1. The Bertz CT molecular complexity index is 556. The van der Waals surface area contributed by atoms with Crippen molar-refractivity contribution < 1.29 is 18.1 Å². The smallest absolute Gasteiger partial charge is 0.379 e. The number of halogens is 3. The van der Waals surface area contributed by atoms with Crippen molar-refractivity contribution in [3.05, 3.63) is 46.0 Å². The van der Waals surface area contributed by atoms with E-state index in [2.05, 4.69) is 17.5 Å². The summed E-state index contributed by atoms with van der Waals surface area (Å²) in [7, 11) is 0. The monoisotopic (exact) mass is 300 g/mol. The second-order valence-corrected chi connectivity index (χ2v) is 5.02. The van der Waals surface area contributed by atoms with Crippen molar-refractivity contribution in [2.45, 2.75) is 25.4 Å². The number of nitrogens with one attached hydrogen (secondary N) is 1. The maximum atomic E-state index is 12.6. The van der Waals surface area contributed by atoms with Gasteiger partial charge >= 0.3 is 6.18 Å². The number of benzene rings is 1. The number of rotatable bonds is 4. The summed E-state index contributed by atoms with van der Waals surface area (Å²) in [6, 6.07) is 2.55. The lowest BCUT2D eigenvalue weighted by Gasteiger charge is -2.19. The molecule has 1 aliphatic rings. The Hall–Kier alpha value is -2.05. The molecule has 114 valence electrons. The molecule has 0 saturated carbocycles. The average Bonchev–Trinajstić information content (AvgIpc) is 2.45. The van der Waals surface area contributed by atoms with Crippen molar-refractivity contribution in [3.63, 3.8) is 0 Å². The first-order valence-corrected chi connectivity index (χ1v) is 6.62. The van der Waals surface area contributed by atoms with Crippen LogP contribution < -0.4 is 5.32 Å². The Balaban J connectivity index is 2.14. The Morgan fingerprint density at radius 1 is 1.33 bits per heavy atom. The molecule has 0 fully saturated rings. The Labute approximate surface area is 119 Å². The van der Waals surface area contributed by atoms with Gasteiger partial charge in [0.05, 0.1) is 10.5 Å². The van der Waals surface area contributed by atoms with Gasteiger partial charge in [-0.15, -0.1) is 0 Å². The van der Waals surface area contributed by atoms with Gasteiger partial charge in [0.25, 0.3) is 5.69 Å². The molecule has 0 aliphatic heterocycles. The van der Waals surface area contributed by atoms with Gasteiger partial charge in [-0.2, -0.15) is 13.2 Å². The van der Waals surface area contributed by atoms with Crippen LogP contribution in [0.5, 0.6) is 0 Å². The molecule has 0 spiro atoms. The number of hydrogen-bond acceptors (Lipinski definition) is 3. The fraction of sp³-hybridized carbons (Fsp3) is 0.429. The predicted octanol–water partition coefficient (Wildman–Crippen LogP) is 4.38. The Morgan fingerprint density at radius 2 is 2.10 bits per heavy atom. The summed E-state index contributed by atoms with van der Waals surface area (Å²) in [5.41, 5.74) is -1.43. The van der Waals surface area contributed by atoms with E-state index in [4.69, 9.17) is 0 Å². The topological polar surface area (TPSA) is 55.2 Å². The van der Waals surface area contributed by atoms with Crippen LogP contribution in [-0.4, -0.2) is 11.5 Å². The van der Waals surface area contributed by atoms with Gasteiger partial charge in [0.15, 0.2) is 0 Å². The fourth-order valence-corrected chi connectivity index (χ4v) is 2.30. The molecule has 1 atom stereocenters. The van der Waals surface area contributed by atoms with E-state index in [1.54, 1.807) is 0 Å². The molecule has 1 N–H and O–H groups in total. The van der Waals surface area contributed by atoms with Crippen molar-refractivity contribution in [1.82, 2.24) is 0 Å². The minimum Gasteiger partial charge on any atom is -0.379 e. The van der Waals surface area contributed by atoms with E-state index in [1.807, 2.05) is 0 Å². The SMILES string of the molecule is O=[N+]([O-])c1cc(C(F)(F)F)ccc1NCC1CC=CCC1. The molecular weight excluding hydrogens is 285 g/mol. The average molecular weight is 300 g/mol. The molecule has 4 nitrogen and oxygen atoms in total. The number of anilines is 1. The van der Waals surface area contributed by atoms with Crippen LogP contribution in [0.25, 0.3) is 0 Å². The van der Waals surface area contributed by atoms with Gasteiger partial charge in [0.1, 0.15) is 5.69 Å². The molecule has 0 bridgehead atoms. The lowest BCUT2D eigenvalue weighted by atomic mass is 9.94. The fourth-order valence-electron chi connectivity index (χ4n) is 2.30. The molecule has 1 unspecified atom stereocenters. The van der Waals surface area contributed by atoms with Gasteiger partial charge in [0.2, 0.25) is 0 Å². The first-order valence-electron chi connectivity index (χ1n) is 6.62. The molecule has 0 radical (unpaired) electrons. The maximum absolute atomic E-state index is 12.6. The van der Waals surface area contributed by atoms with E-state index in [9.17, 15) is 23.3 Å². The van der Waals surface area contributed by atoms with Crippen LogP contribution in [-0.2, 0) is 6.18 Å². The molecule has 2 rings (SSSR count). The minimum absolute atomic E-state index is 0.127. The lowest BCUT2D eigenvalue weighted by Crippen LogP contribution is -2.16. The number of allylic oxidation sites excluding steroid dienone is 2. The van der Waals surface area contributed by atoms with Gasteiger partial charge in [-0.1, -0.05) is 12.2 Å². The largest absolute Gasteiger partial charge is 0.416 e. The lowest BCUT2D eigenvalue weighted by molar-refractivity contribution is -0.384. The Kier molecular flexibility index (Phi) is 4.50. The van der Waals surface area contributed by atoms with E-state index in [0.29, 0.717) is 18.5 Å². The highest BCUT2D eigenvalue weighted by Gasteiger charge is 2.33. The summed E-state index contributed by atoms with van der Waals surface area (Å²) in [4.78, 5) is 10.1. The van der Waals surface area contributed by atoms with E-state index < -0.39 is 22.4 Å². The molecular formula is C14H15F3N2O2. The van der Waals surface area contributed by atoms with Gasteiger partial charge in [-0.3, -0.25) is 10.1 Å². The zero-order valence-corrected chi connectivity index (χ0v) is 11.2. The first-order chi connectivity index (χ1) is 9.88. The van der Waals surface area contributed by atoms with Gasteiger partial charge in [-0.25, -0.2) is 0 Å². The van der Waals surface area contributed by atoms with Crippen molar-refractivity contribution in [2.24, 2.45) is 5.92 Å². The summed E-state index contributed by atoms with van der Waals surface area (Å²) in [5, 5.41) is 13.8. The highest BCUT2D eigenvalue weighted by molar-refractivity contribution is 5.63. The van der Waals surface area contributed by atoms with Crippen molar-refractivity contribution in [2.75, 3.05) is 11.9 Å². The summed E-state index contributed by atoms with van der Waals surface area (Å²) in [6.45, 7) is 0.510. The van der Waals surface area contributed by atoms with Crippen LogP contribution in [0.3, 0.4) is 0 Å². The molecule has 1 aromatic carbocycles. The van der Waals surface area contributed by atoms with Gasteiger partial charge in [-0.05, 0) is 37.3 Å². The number of nitro benzene ring substituents is 1. The normalized spacial score (nSPS) is 18.5. The quantitative estimate of drug-likeness (QED) is 0.510. The van der Waals surface area contributed by atoms with Crippen molar-refractivity contribution >= 4 is 11.4 Å². The van der Waals surface area contributed by atoms with E-state index in [1.165, 1.54) is 0 Å². The van der Waals surface area contributed by atoms with E-state index >= 15 is 0 Å². The molecule has 0 saturated heterocycles. The van der Waals surface area contributed by atoms with Crippen LogP contribution in [0.15, 0.2) is 30.4 Å². The van der Waals surface area contributed by atoms with Crippen LogP contribution in [0.4, 0.5) is 24.5 Å². The summed E-state index contributed by atoms with van der Waals surface area (Å²) >= 11 is 0. The van der Waals surface area contributed by atoms with Crippen molar-refractivity contribution in [1.29, 1.82) is 0 Å². The summed E-state index contributed by atoms with van der Waals surface area (Å²) in [5.74, 6) is 0.344. The minimum atomic E-state index is -4.59. The van der Waals surface area contributed by atoms with Crippen LogP contribution in [0.2, 0.25) is 0 Å². The second-order valence-electron chi connectivity index (χ2n) is 5.02. The molecule has 0 aromatic heterocycles. The highest BCUT2D eigenvalue weighted by Crippen LogP contribution is 2.35.